The van der Waals surface area contributed by atoms with Crippen LogP contribution < -0.4 is 21.9 Å². The Morgan fingerprint density at radius 3 is 2.26 bits per heavy atom. The first-order chi connectivity index (χ1) is 12.9. The Labute approximate surface area is 170 Å². The van der Waals surface area contributed by atoms with Crippen LogP contribution in [0.2, 0.25) is 10.0 Å². The first kappa shape index (κ1) is 23.2. The molecular weight excluding hydrogens is 391 g/mol. The zero-order valence-electron chi connectivity index (χ0n) is 15.9. The third-order valence-electron chi connectivity index (χ3n) is 3.82. The van der Waals surface area contributed by atoms with Crippen LogP contribution in [0.4, 0.5) is 5.69 Å². The van der Waals surface area contributed by atoms with Crippen LogP contribution in [-0.2, 0) is 14.3 Å². The van der Waals surface area contributed by atoms with E-state index in [1.165, 1.54) is 0 Å². The van der Waals surface area contributed by atoms with Crippen molar-refractivity contribution in [3.8, 4) is 0 Å². The van der Waals surface area contributed by atoms with Gasteiger partial charge in [0.1, 0.15) is 6.10 Å². The molecule has 5 N–H and O–H groups in total. The second-order valence-electron chi connectivity index (χ2n) is 5.54. The molecule has 0 saturated carbocycles. The highest BCUT2D eigenvalue weighted by atomic mass is 35.5. The molecule has 7 nitrogen and oxygen atoms in total. The molecule has 1 saturated heterocycles. The van der Waals surface area contributed by atoms with Crippen LogP contribution in [0.1, 0.15) is 33.6 Å². The predicted molar refractivity (Wildman–Crippen MR) is 109 cm³/mol. The number of nitrogens with two attached hydrogens (primary N) is 2. The standard InChI is InChI=1S/C16H22Cl2N4O3.C2H6/c1-2-24-16(23)14(21-20)15(19)25-13-3-5-22(6-4-13)12-8-10(17)7-11(18)9-12;1-2/h7-9,13,21H,2-6,19-20H2,1H3;1-2H3/b15-14+;. The summed E-state index contributed by atoms with van der Waals surface area (Å²) in [5.74, 6) is 4.62. The third kappa shape index (κ3) is 7.01. The molecule has 1 aliphatic heterocycles. The number of hydrogen-bond acceptors (Lipinski definition) is 7. The number of nitrogens with one attached hydrogen (secondary N) is 1. The zero-order chi connectivity index (χ0) is 20.4. The Kier molecular flexibility index (Phi) is 10.1. The number of halogens is 2. The fraction of sp³-hybridized carbons (Fsp3) is 0.500. The number of hydrazine groups is 1. The van der Waals surface area contributed by atoms with Crippen molar-refractivity contribution in [1.82, 2.24) is 5.43 Å². The van der Waals surface area contributed by atoms with Crippen LogP contribution in [-0.4, -0.2) is 31.8 Å². The van der Waals surface area contributed by atoms with Gasteiger partial charge in [-0.1, -0.05) is 37.0 Å². The molecular formula is C18H28Cl2N4O3. The van der Waals surface area contributed by atoms with E-state index < -0.39 is 5.97 Å². The van der Waals surface area contributed by atoms with E-state index in [1.807, 2.05) is 26.0 Å². The molecule has 9 heteroatoms. The van der Waals surface area contributed by atoms with E-state index in [1.54, 1.807) is 13.0 Å². The highest BCUT2D eigenvalue weighted by Crippen LogP contribution is 2.28. The van der Waals surface area contributed by atoms with Gasteiger partial charge in [0.05, 0.1) is 6.61 Å². The number of esters is 1. The van der Waals surface area contributed by atoms with Gasteiger partial charge in [0.15, 0.2) is 5.70 Å². The Hall–Kier alpha value is -1.83. The lowest BCUT2D eigenvalue weighted by Gasteiger charge is -2.34. The fourth-order valence-electron chi connectivity index (χ4n) is 2.63. The summed E-state index contributed by atoms with van der Waals surface area (Å²) < 4.78 is 10.5. The molecule has 152 valence electrons. The number of benzene rings is 1. The molecule has 1 heterocycles. The van der Waals surface area contributed by atoms with E-state index in [4.69, 9.17) is 44.3 Å². The van der Waals surface area contributed by atoms with E-state index in [0.29, 0.717) is 10.0 Å². The number of ether oxygens (including phenoxy) is 2. The Balaban J connectivity index is 0.00000176. The van der Waals surface area contributed by atoms with Gasteiger partial charge in [-0.2, -0.15) is 0 Å². The predicted octanol–water partition coefficient (Wildman–Crippen LogP) is 3.16. The van der Waals surface area contributed by atoms with Crippen LogP contribution in [0.15, 0.2) is 29.8 Å². The van der Waals surface area contributed by atoms with Crippen molar-refractivity contribution in [3.05, 3.63) is 39.8 Å². The van der Waals surface area contributed by atoms with Gasteiger partial charge in [-0.05, 0) is 25.1 Å². The fourth-order valence-corrected chi connectivity index (χ4v) is 3.14. The quantitative estimate of drug-likeness (QED) is 0.214. The average Bonchev–Trinajstić information content (AvgIpc) is 2.64. The summed E-state index contributed by atoms with van der Waals surface area (Å²) in [6.45, 7) is 7.41. The molecule has 1 aromatic carbocycles. The molecule has 0 unspecified atom stereocenters. The topological polar surface area (TPSA) is 103 Å². The van der Waals surface area contributed by atoms with Crippen molar-refractivity contribution in [2.75, 3.05) is 24.6 Å². The lowest BCUT2D eigenvalue weighted by Crippen LogP contribution is -2.39. The number of piperidine rings is 1. The van der Waals surface area contributed by atoms with Crippen molar-refractivity contribution in [3.63, 3.8) is 0 Å². The summed E-state index contributed by atoms with van der Waals surface area (Å²) in [4.78, 5) is 13.9. The number of hydrogen-bond donors (Lipinski definition) is 3. The molecule has 27 heavy (non-hydrogen) atoms. The summed E-state index contributed by atoms with van der Waals surface area (Å²) in [5, 5.41) is 1.20. The van der Waals surface area contributed by atoms with Gasteiger partial charge >= 0.3 is 5.97 Å². The highest BCUT2D eigenvalue weighted by molar-refractivity contribution is 6.35. The van der Waals surface area contributed by atoms with Crippen LogP contribution in [0.5, 0.6) is 0 Å². The summed E-state index contributed by atoms with van der Waals surface area (Å²) in [5.41, 5.74) is 8.97. The van der Waals surface area contributed by atoms with Crippen LogP contribution in [0.3, 0.4) is 0 Å². The lowest BCUT2D eigenvalue weighted by atomic mass is 10.1. The second kappa shape index (κ2) is 11.8. The van der Waals surface area contributed by atoms with Gasteiger partial charge in [-0.15, -0.1) is 0 Å². The molecule has 0 spiro atoms. The molecule has 0 aromatic heterocycles. The number of carbonyl (C=O) groups excluding carboxylic acids is 1. The van der Waals surface area contributed by atoms with Crippen molar-refractivity contribution < 1.29 is 14.3 Å². The number of rotatable bonds is 6. The SMILES string of the molecule is CC.CCOC(=O)/C(NN)=C(/N)OC1CCN(c2cc(Cl)cc(Cl)c2)CC1. The van der Waals surface area contributed by atoms with E-state index in [-0.39, 0.29) is 24.3 Å². The average molecular weight is 419 g/mol. The smallest absolute Gasteiger partial charge is 0.361 e. The first-order valence-electron chi connectivity index (χ1n) is 8.95. The van der Waals surface area contributed by atoms with Gasteiger partial charge in [0.2, 0.25) is 5.88 Å². The van der Waals surface area contributed by atoms with Crippen molar-refractivity contribution in [1.29, 1.82) is 0 Å². The first-order valence-corrected chi connectivity index (χ1v) is 9.71. The van der Waals surface area contributed by atoms with E-state index in [0.717, 1.165) is 31.6 Å². The van der Waals surface area contributed by atoms with Crippen molar-refractivity contribution in [2.24, 2.45) is 11.6 Å². The summed E-state index contributed by atoms with van der Waals surface area (Å²) in [7, 11) is 0. The maximum absolute atomic E-state index is 11.7. The number of anilines is 1. The molecule has 0 radical (unpaired) electrons. The molecule has 1 aromatic rings. The van der Waals surface area contributed by atoms with Crippen LogP contribution in [0, 0.1) is 0 Å². The second-order valence-corrected chi connectivity index (χ2v) is 6.41. The van der Waals surface area contributed by atoms with Crippen molar-refractivity contribution in [2.45, 2.75) is 39.7 Å². The number of carbonyl (C=O) groups is 1. The molecule has 0 atom stereocenters. The Bertz CT molecular complexity index is 627. The molecule has 2 rings (SSSR count). The number of nitrogens with zero attached hydrogens (tertiary/aromatic N) is 1. The molecule has 0 bridgehead atoms. The highest BCUT2D eigenvalue weighted by Gasteiger charge is 2.24. The maximum atomic E-state index is 11.7. The van der Waals surface area contributed by atoms with E-state index in [9.17, 15) is 4.79 Å². The molecule has 0 amide bonds. The normalized spacial score (nSPS) is 15.3. The van der Waals surface area contributed by atoms with E-state index >= 15 is 0 Å². The third-order valence-corrected chi connectivity index (χ3v) is 4.25. The van der Waals surface area contributed by atoms with Gasteiger partial charge in [-0.3, -0.25) is 5.84 Å². The Morgan fingerprint density at radius 1 is 1.22 bits per heavy atom. The van der Waals surface area contributed by atoms with Gasteiger partial charge < -0.3 is 25.5 Å². The monoisotopic (exact) mass is 418 g/mol. The Morgan fingerprint density at radius 2 is 1.78 bits per heavy atom. The van der Waals surface area contributed by atoms with Gasteiger partial charge in [0, 0.05) is 41.7 Å². The lowest BCUT2D eigenvalue weighted by molar-refractivity contribution is -0.139. The molecule has 1 fully saturated rings. The molecule has 0 aliphatic carbocycles. The van der Waals surface area contributed by atoms with Crippen LogP contribution in [0.25, 0.3) is 0 Å². The van der Waals surface area contributed by atoms with Gasteiger partial charge in [-0.25, -0.2) is 4.79 Å². The zero-order valence-corrected chi connectivity index (χ0v) is 17.4. The minimum atomic E-state index is -0.645. The van der Waals surface area contributed by atoms with Crippen molar-refractivity contribution >= 4 is 34.9 Å². The van der Waals surface area contributed by atoms with Gasteiger partial charge in [0.25, 0.3) is 0 Å². The summed E-state index contributed by atoms with van der Waals surface area (Å²) in [6, 6.07) is 5.45. The van der Waals surface area contributed by atoms with E-state index in [2.05, 4.69) is 10.3 Å². The minimum Gasteiger partial charge on any atom is -0.474 e. The molecule has 1 aliphatic rings. The minimum absolute atomic E-state index is 0.0646. The summed E-state index contributed by atoms with van der Waals surface area (Å²) >= 11 is 12.1. The largest absolute Gasteiger partial charge is 0.474 e. The summed E-state index contributed by atoms with van der Waals surface area (Å²) in [6.07, 6.45) is 1.33. The van der Waals surface area contributed by atoms with Crippen LogP contribution >= 0.6 is 23.2 Å². The maximum Gasteiger partial charge on any atom is 0.361 e.